The lowest BCUT2D eigenvalue weighted by Gasteiger charge is -2.10. The molecule has 0 saturated carbocycles. The first-order valence-corrected chi connectivity index (χ1v) is 4.41. The molecule has 0 aliphatic heterocycles. The number of aryl methyl sites for hydroxylation is 1. The number of fused-ring (bicyclic) bond motifs is 1. The van der Waals surface area contributed by atoms with E-state index < -0.39 is 6.09 Å². The number of hydrogen-bond donors (Lipinski definition) is 1. The van der Waals surface area contributed by atoms with E-state index in [1.807, 2.05) is 0 Å². The summed E-state index contributed by atoms with van der Waals surface area (Å²) in [5.74, 6) is -0.316. The summed E-state index contributed by atoms with van der Waals surface area (Å²) in [4.78, 5) is 10.6. The van der Waals surface area contributed by atoms with E-state index >= 15 is 0 Å². The topological polar surface area (TPSA) is 52.3 Å². The van der Waals surface area contributed by atoms with Crippen molar-refractivity contribution in [3.05, 3.63) is 35.1 Å². The third-order valence-electron chi connectivity index (χ3n) is 2.39. The van der Waals surface area contributed by atoms with Crippen LogP contribution in [0, 0.1) is 5.82 Å². The molecule has 1 aromatic carbocycles. The van der Waals surface area contributed by atoms with Crippen LogP contribution in [0.3, 0.4) is 0 Å². The Labute approximate surface area is 80.7 Å². The minimum Gasteiger partial charge on any atom is -0.441 e. The molecule has 14 heavy (non-hydrogen) atoms. The number of carbonyl (C=O) groups is 1. The molecule has 1 aliphatic carbocycles. The molecule has 3 nitrogen and oxygen atoms in total. The van der Waals surface area contributed by atoms with Gasteiger partial charge < -0.3 is 10.5 Å². The third-order valence-corrected chi connectivity index (χ3v) is 2.39. The SMILES string of the molecule is NC(=O)OC1CCc2ccc(F)cc21. The van der Waals surface area contributed by atoms with Crippen molar-refractivity contribution in [1.82, 2.24) is 0 Å². The van der Waals surface area contributed by atoms with Gasteiger partial charge in [-0.1, -0.05) is 6.07 Å². The summed E-state index contributed by atoms with van der Waals surface area (Å²) in [7, 11) is 0. The van der Waals surface area contributed by atoms with Crippen molar-refractivity contribution in [1.29, 1.82) is 0 Å². The average Bonchev–Trinajstić information content (AvgIpc) is 2.47. The van der Waals surface area contributed by atoms with Crippen LogP contribution in [0.5, 0.6) is 0 Å². The van der Waals surface area contributed by atoms with Crippen LogP contribution in [0.2, 0.25) is 0 Å². The van der Waals surface area contributed by atoms with Crippen LogP contribution >= 0.6 is 0 Å². The van der Waals surface area contributed by atoms with E-state index in [1.165, 1.54) is 12.1 Å². The average molecular weight is 195 g/mol. The van der Waals surface area contributed by atoms with Crippen molar-refractivity contribution in [3.63, 3.8) is 0 Å². The number of rotatable bonds is 1. The molecule has 4 heteroatoms. The van der Waals surface area contributed by atoms with Gasteiger partial charge in [0.15, 0.2) is 0 Å². The highest BCUT2D eigenvalue weighted by molar-refractivity contribution is 5.65. The molecular formula is C10H10FNO2. The van der Waals surface area contributed by atoms with Crippen LogP contribution in [-0.2, 0) is 11.2 Å². The number of hydrogen-bond acceptors (Lipinski definition) is 2. The Bertz CT molecular complexity index is 378. The Balaban J connectivity index is 2.28. The lowest BCUT2D eigenvalue weighted by atomic mass is 10.1. The van der Waals surface area contributed by atoms with Gasteiger partial charge in [0.05, 0.1) is 0 Å². The molecule has 0 bridgehead atoms. The van der Waals surface area contributed by atoms with Crippen molar-refractivity contribution in [2.75, 3.05) is 0 Å². The molecular weight excluding hydrogens is 185 g/mol. The van der Waals surface area contributed by atoms with E-state index in [4.69, 9.17) is 10.5 Å². The van der Waals surface area contributed by atoms with Crippen LogP contribution < -0.4 is 5.73 Å². The first-order chi connectivity index (χ1) is 6.66. The number of carbonyl (C=O) groups excluding carboxylic acids is 1. The highest BCUT2D eigenvalue weighted by atomic mass is 19.1. The van der Waals surface area contributed by atoms with E-state index in [1.54, 1.807) is 6.07 Å². The number of ether oxygens (including phenoxy) is 1. The molecule has 1 atom stereocenters. The zero-order chi connectivity index (χ0) is 10.1. The van der Waals surface area contributed by atoms with Gasteiger partial charge in [0.25, 0.3) is 0 Å². The maximum absolute atomic E-state index is 12.9. The largest absolute Gasteiger partial charge is 0.441 e. The summed E-state index contributed by atoms with van der Waals surface area (Å²) in [6.45, 7) is 0. The summed E-state index contributed by atoms with van der Waals surface area (Å²) in [6, 6.07) is 4.52. The van der Waals surface area contributed by atoms with E-state index in [-0.39, 0.29) is 11.9 Å². The molecule has 0 aromatic heterocycles. The van der Waals surface area contributed by atoms with Crippen LogP contribution in [0.25, 0.3) is 0 Å². The molecule has 1 unspecified atom stereocenters. The molecule has 2 rings (SSSR count). The Hall–Kier alpha value is -1.58. The zero-order valence-electron chi connectivity index (χ0n) is 7.50. The second-order valence-corrected chi connectivity index (χ2v) is 3.31. The van der Waals surface area contributed by atoms with Gasteiger partial charge in [-0.2, -0.15) is 0 Å². The normalized spacial score (nSPS) is 19.1. The fraction of sp³-hybridized carbons (Fsp3) is 0.300. The molecule has 1 amide bonds. The monoisotopic (exact) mass is 195 g/mol. The predicted molar refractivity (Wildman–Crippen MR) is 48.1 cm³/mol. The number of nitrogens with two attached hydrogens (primary N) is 1. The lowest BCUT2D eigenvalue weighted by Crippen LogP contribution is -2.15. The molecule has 74 valence electrons. The standard InChI is InChI=1S/C10H10FNO2/c11-7-3-1-6-2-4-9(8(6)5-7)14-10(12)13/h1,3,5,9H,2,4H2,(H2,12,13). The molecule has 0 spiro atoms. The maximum Gasteiger partial charge on any atom is 0.405 e. The van der Waals surface area contributed by atoms with E-state index in [2.05, 4.69) is 0 Å². The lowest BCUT2D eigenvalue weighted by molar-refractivity contribution is 0.107. The summed E-state index contributed by atoms with van der Waals surface area (Å²) in [5, 5.41) is 0. The number of amides is 1. The summed E-state index contributed by atoms with van der Waals surface area (Å²) < 4.78 is 17.8. The number of benzene rings is 1. The quantitative estimate of drug-likeness (QED) is 0.744. The van der Waals surface area contributed by atoms with Crippen LogP contribution in [0.4, 0.5) is 9.18 Å². The predicted octanol–water partition coefficient (Wildman–Crippen LogP) is 1.91. The fourth-order valence-electron chi connectivity index (χ4n) is 1.80. The molecule has 2 N–H and O–H groups in total. The first-order valence-electron chi connectivity index (χ1n) is 4.41. The van der Waals surface area contributed by atoms with Gasteiger partial charge in [-0.05, 0) is 36.1 Å². The summed E-state index contributed by atoms with van der Waals surface area (Å²) >= 11 is 0. The van der Waals surface area contributed by atoms with Gasteiger partial charge >= 0.3 is 6.09 Å². The molecule has 0 fully saturated rings. The minimum atomic E-state index is -0.813. The third kappa shape index (κ3) is 1.55. The number of primary amides is 1. The Morgan fingerprint density at radius 2 is 2.36 bits per heavy atom. The van der Waals surface area contributed by atoms with Crippen LogP contribution in [0.15, 0.2) is 18.2 Å². The zero-order valence-corrected chi connectivity index (χ0v) is 7.50. The van der Waals surface area contributed by atoms with Gasteiger partial charge in [-0.15, -0.1) is 0 Å². The Kier molecular flexibility index (Phi) is 2.11. The van der Waals surface area contributed by atoms with E-state index in [9.17, 15) is 9.18 Å². The van der Waals surface area contributed by atoms with Gasteiger partial charge in [0, 0.05) is 0 Å². The molecule has 0 saturated heterocycles. The van der Waals surface area contributed by atoms with E-state index in [0.717, 1.165) is 17.5 Å². The van der Waals surface area contributed by atoms with Crippen LogP contribution in [-0.4, -0.2) is 6.09 Å². The van der Waals surface area contributed by atoms with Crippen LogP contribution in [0.1, 0.15) is 23.7 Å². The smallest absolute Gasteiger partial charge is 0.405 e. The van der Waals surface area contributed by atoms with Gasteiger partial charge in [-0.3, -0.25) is 0 Å². The number of halogens is 1. The van der Waals surface area contributed by atoms with Crippen molar-refractivity contribution < 1.29 is 13.9 Å². The minimum absolute atomic E-state index is 0.316. The second-order valence-electron chi connectivity index (χ2n) is 3.31. The molecule has 1 aromatic rings. The van der Waals surface area contributed by atoms with Crippen molar-refractivity contribution in [2.24, 2.45) is 5.73 Å². The second kappa shape index (κ2) is 3.29. The van der Waals surface area contributed by atoms with Crippen molar-refractivity contribution >= 4 is 6.09 Å². The van der Waals surface area contributed by atoms with Crippen molar-refractivity contribution in [2.45, 2.75) is 18.9 Å². The highest BCUT2D eigenvalue weighted by Crippen LogP contribution is 2.34. The Morgan fingerprint density at radius 1 is 1.57 bits per heavy atom. The Morgan fingerprint density at radius 3 is 3.07 bits per heavy atom. The molecule has 1 aliphatic rings. The van der Waals surface area contributed by atoms with E-state index in [0.29, 0.717) is 6.42 Å². The molecule has 0 heterocycles. The van der Waals surface area contributed by atoms with Crippen molar-refractivity contribution in [3.8, 4) is 0 Å². The first kappa shape index (κ1) is 8.99. The maximum atomic E-state index is 12.9. The van der Waals surface area contributed by atoms with Gasteiger partial charge in [-0.25, -0.2) is 9.18 Å². The summed E-state index contributed by atoms with van der Waals surface area (Å²) in [5.41, 5.74) is 6.68. The van der Waals surface area contributed by atoms with Gasteiger partial charge in [0.1, 0.15) is 11.9 Å². The van der Waals surface area contributed by atoms with Gasteiger partial charge in [0.2, 0.25) is 0 Å². The fourth-order valence-corrected chi connectivity index (χ4v) is 1.80. The summed E-state index contributed by atoms with van der Waals surface area (Å²) in [6.07, 6.45) is 0.292. The highest BCUT2D eigenvalue weighted by Gasteiger charge is 2.25. The molecule has 0 radical (unpaired) electrons.